The zero-order chi connectivity index (χ0) is 18.6. The molecule has 9 heteroatoms. The average Bonchev–Trinajstić information content (AvgIpc) is 3.07. The maximum Gasteiger partial charge on any atom is 0.271 e. The molecular weight excluding hydrogens is 388 g/mol. The van der Waals surface area contributed by atoms with E-state index in [-0.39, 0.29) is 18.2 Å². The number of hydrogen-bond acceptors (Lipinski definition) is 4. The lowest BCUT2D eigenvalue weighted by Crippen LogP contribution is -2.30. The number of aromatic nitrogens is 4. The predicted molar refractivity (Wildman–Crippen MR) is 98.3 cm³/mol. The van der Waals surface area contributed by atoms with E-state index in [0.29, 0.717) is 30.4 Å². The molecule has 0 aliphatic rings. The quantitative estimate of drug-likeness (QED) is 0.730. The number of nitrogens with one attached hydrogen (secondary N) is 2. The Morgan fingerprint density at radius 1 is 1.28 bits per heavy atom. The molecule has 0 aromatic carbocycles. The summed E-state index contributed by atoms with van der Waals surface area (Å²) in [5.74, 6) is -0.111. The van der Waals surface area contributed by atoms with Gasteiger partial charge in [-0.05, 0) is 28.8 Å². The summed E-state index contributed by atoms with van der Waals surface area (Å²) >= 11 is 3.39. The summed E-state index contributed by atoms with van der Waals surface area (Å²) in [4.78, 5) is 24.5. The van der Waals surface area contributed by atoms with Crippen LogP contribution in [-0.2, 0) is 18.4 Å². The molecule has 2 amide bonds. The second-order valence-corrected chi connectivity index (χ2v) is 7.09. The van der Waals surface area contributed by atoms with Crippen LogP contribution in [0.4, 0.5) is 5.69 Å². The molecule has 2 rings (SSSR count). The number of amides is 2. The average molecular weight is 411 g/mol. The highest BCUT2D eigenvalue weighted by molar-refractivity contribution is 9.10. The van der Waals surface area contributed by atoms with Gasteiger partial charge in [-0.2, -0.15) is 10.2 Å². The van der Waals surface area contributed by atoms with Crippen molar-refractivity contribution in [1.82, 2.24) is 24.9 Å². The van der Waals surface area contributed by atoms with Crippen molar-refractivity contribution in [3.8, 4) is 0 Å². The molecule has 0 unspecified atom stereocenters. The second-order valence-electron chi connectivity index (χ2n) is 6.23. The van der Waals surface area contributed by atoms with Gasteiger partial charge in [0.25, 0.3) is 5.91 Å². The zero-order valence-corrected chi connectivity index (χ0v) is 16.4. The highest BCUT2D eigenvalue weighted by Gasteiger charge is 2.18. The SMILES string of the molecule is Cc1c(Br)cnn1CCC(=O)Nc1cnn(C)c1C(=O)NCC(C)C. The summed E-state index contributed by atoms with van der Waals surface area (Å²) in [6, 6.07) is 0. The molecule has 0 aliphatic carbocycles. The molecule has 0 spiro atoms. The lowest BCUT2D eigenvalue weighted by molar-refractivity contribution is -0.116. The lowest BCUT2D eigenvalue weighted by atomic mass is 10.2. The Hall–Kier alpha value is -2.16. The van der Waals surface area contributed by atoms with E-state index in [9.17, 15) is 9.59 Å². The maximum atomic E-state index is 12.3. The van der Waals surface area contributed by atoms with E-state index >= 15 is 0 Å². The minimum absolute atomic E-state index is 0.197. The van der Waals surface area contributed by atoms with Crippen LogP contribution in [0.2, 0.25) is 0 Å². The molecule has 0 atom stereocenters. The maximum absolute atomic E-state index is 12.3. The van der Waals surface area contributed by atoms with Crippen molar-refractivity contribution in [1.29, 1.82) is 0 Å². The van der Waals surface area contributed by atoms with Gasteiger partial charge in [0, 0.05) is 25.7 Å². The van der Waals surface area contributed by atoms with Crippen molar-refractivity contribution < 1.29 is 9.59 Å². The number of hydrogen-bond donors (Lipinski definition) is 2. The topological polar surface area (TPSA) is 93.8 Å². The van der Waals surface area contributed by atoms with E-state index in [1.54, 1.807) is 17.9 Å². The number of nitrogens with zero attached hydrogens (tertiary/aromatic N) is 4. The van der Waals surface area contributed by atoms with Crippen molar-refractivity contribution >= 4 is 33.4 Å². The zero-order valence-electron chi connectivity index (χ0n) is 14.8. The number of rotatable bonds is 7. The van der Waals surface area contributed by atoms with Gasteiger partial charge in [-0.1, -0.05) is 13.8 Å². The van der Waals surface area contributed by atoms with E-state index in [1.165, 1.54) is 10.9 Å². The van der Waals surface area contributed by atoms with Gasteiger partial charge >= 0.3 is 0 Å². The van der Waals surface area contributed by atoms with E-state index < -0.39 is 0 Å². The lowest BCUT2D eigenvalue weighted by Gasteiger charge is -2.10. The van der Waals surface area contributed by atoms with Crippen molar-refractivity contribution in [3.05, 3.63) is 28.3 Å². The monoisotopic (exact) mass is 410 g/mol. The summed E-state index contributed by atoms with van der Waals surface area (Å²) < 4.78 is 4.12. The van der Waals surface area contributed by atoms with Crippen LogP contribution < -0.4 is 10.6 Å². The summed E-state index contributed by atoms with van der Waals surface area (Å²) in [6.07, 6.45) is 3.43. The number of carbonyl (C=O) groups excluding carboxylic acids is 2. The fourth-order valence-electron chi connectivity index (χ4n) is 2.25. The minimum atomic E-state index is -0.254. The molecule has 136 valence electrons. The Bertz CT molecular complexity index is 765. The largest absolute Gasteiger partial charge is 0.350 e. The molecule has 8 nitrogen and oxygen atoms in total. The van der Waals surface area contributed by atoms with E-state index in [0.717, 1.165) is 10.2 Å². The molecule has 2 aromatic rings. The Morgan fingerprint density at radius 3 is 2.60 bits per heavy atom. The Balaban J connectivity index is 1.99. The molecule has 0 bridgehead atoms. The van der Waals surface area contributed by atoms with Crippen LogP contribution >= 0.6 is 15.9 Å². The smallest absolute Gasteiger partial charge is 0.271 e. The first-order valence-electron chi connectivity index (χ1n) is 8.07. The third-order valence-electron chi connectivity index (χ3n) is 3.69. The highest BCUT2D eigenvalue weighted by Crippen LogP contribution is 2.16. The first-order chi connectivity index (χ1) is 11.8. The van der Waals surface area contributed by atoms with Gasteiger partial charge in [0.15, 0.2) is 0 Å². The third-order valence-corrected chi connectivity index (χ3v) is 4.47. The van der Waals surface area contributed by atoms with E-state index in [2.05, 4.69) is 36.8 Å². The van der Waals surface area contributed by atoms with E-state index in [4.69, 9.17) is 0 Å². The molecule has 2 N–H and O–H groups in total. The van der Waals surface area contributed by atoms with Crippen LogP contribution in [0.15, 0.2) is 16.9 Å². The first kappa shape index (κ1) is 19.2. The molecule has 25 heavy (non-hydrogen) atoms. The number of aryl methyl sites for hydroxylation is 2. The van der Waals surface area contributed by atoms with Crippen LogP contribution in [-0.4, -0.2) is 37.9 Å². The Morgan fingerprint density at radius 2 is 2.00 bits per heavy atom. The standard InChI is InChI=1S/C16H23BrN6O2/c1-10(2)7-18-16(25)15-13(9-19-22(15)4)21-14(24)5-6-23-11(3)12(17)8-20-23/h8-10H,5-7H2,1-4H3,(H,18,25)(H,21,24). The van der Waals surface area contributed by atoms with Gasteiger partial charge in [0.1, 0.15) is 5.69 Å². The van der Waals surface area contributed by atoms with Crippen LogP contribution in [0, 0.1) is 12.8 Å². The van der Waals surface area contributed by atoms with Crippen LogP contribution in [0.1, 0.15) is 36.5 Å². The van der Waals surface area contributed by atoms with Gasteiger partial charge in [0.2, 0.25) is 5.91 Å². The fourth-order valence-corrected chi connectivity index (χ4v) is 2.54. The van der Waals surface area contributed by atoms with Crippen molar-refractivity contribution in [2.45, 2.75) is 33.7 Å². The van der Waals surface area contributed by atoms with Crippen LogP contribution in [0.3, 0.4) is 0 Å². The molecule has 0 saturated carbocycles. The van der Waals surface area contributed by atoms with Crippen molar-refractivity contribution in [2.75, 3.05) is 11.9 Å². The molecule has 0 saturated heterocycles. The molecular formula is C16H23BrN6O2. The van der Waals surface area contributed by atoms with Gasteiger partial charge in [0.05, 0.1) is 29.1 Å². The molecule has 2 aromatic heterocycles. The van der Waals surface area contributed by atoms with Gasteiger partial charge < -0.3 is 10.6 Å². The number of halogens is 1. The molecule has 0 radical (unpaired) electrons. The van der Waals surface area contributed by atoms with Gasteiger partial charge in [-0.15, -0.1) is 0 Å². The Labute approximate surface area is 155 Å². The van der Waals surface area contributed by atoms with Crippen LogP contribution in [0.5, 0.6) is 0 Å². The van der Waals surface area contributed by atoms with Crippen molar-refractivity contribution in [2.24, 2.45) is 13.0 Å². The number of carbonyl (C=O) groups is 2. The van der Waals surface area contributed by atoms with Crippen LogP contribution in [0.25, 0.3) is 0 Å². The summed E-state index contributed by atoms with van der Waals surface area (Å²) in [5.41, 5.74) is 1.71. The molecule has 2 heterocycles. The summed E-state index contributed by atoms with van der Waals surface area (Å²) in [5, 5.41) is 13.9. The second kappa shape index (κ2) is 8.28. The van der Waals surface area contributed by atoms with Crippen molar-refractivity contribution in [3.63, 3.8) is 0 Å². The summed E-state index contributed by atoms with van der Waals surface area (Å²) in [7, 11) is 1.67. The fraction of sp³-hybridized carbons (Fsp3) is 0.500. The minimum Gasteiger partial charge on any atom is -0.350 e. The van der Waals surface area contributed by atoms with Gasteiger partial charge in [-0.3, -0.25) is 19.0 Å². The van der Waals surface area contributed by atoms with Gasteiger partial charge in [-0.25, -0.2) is 0 Å². The highest BCUT2D eigenvalue weighted by atomic mass is 79.9. The third kappa shape index (κ3) is 4.91. The normalized spacial score (nSPS) is 11.0. The predicted octanol–water partition coefficient (Wildman–Crippen LogP) is 2.10. The first-order valence-corrected chi connectivity index (χ1v) is 8.86. The van der Waals surface area contributed by atoms with E-state index in [1.807, 2.05) is 20.8 Å². The molecule has 0 aliphatic heterocycles. The molecule has 0 fully saturated rings. The number of anilines is 1. The summed E-state index contributed by atoms with van der Waals surface area (Å²) in [6.45, 7) is 6.97. The Kier molecular flexibility index (Phi) is 6.35.